The monoisotopic (exact) mass is 525 g/mol. The number of carboxylic acids is 1. The number of aliphatic carboxylic acids is 1. The molecule has 13 N–H and O–H groups in total. The van der Waals surface area contributed by atoms with Crippen LogP contribution in [0.15, 0.2) is 12.5 Å². The van der Waals surface area contributed by atoms with Gasteiger partial charge in [0.15, 0.2) is 0 Å². The molecule has 1 aromatic heterocycles. The molecular weight excluding hydrogens is 490 g/mol. The number of carbonyl (C=O) groups is 6. The van der Waals surface area contributed by atoms with Crippen LogP contribution in [-0.2, 0) is 35.2 Å². The first kappa shape index (κ1) is 31.0. The number of imidazole rings is 1. The maximum atomic E-state index is 12.9. The lowest BCUT2D eigenvalue weighted by Crippen LogP contribution is -2.58. The van der Waals surface area contributed by atoms with E-state index in [0.717, 1.165) is 0 Å². The number of carbonyl (C=O) groups excluding carboxylic acids is 5. The van der Waals surface area contributed by atoms with Crippen LogP contribution in [0.2, 0.25) is 0 Å². The summed E-state index contributed by atoms with van der Waals surface area (Å²) in [6.07, 6.45) is 2.91. The number of aromatic nitrogens is 2. The average Bonchev–Trinajstić information content (AvgIpc) is 3.33. The number of carboxylic acid groups (broad SMARTS) is 1. The fourth-order valence-electron chi connectivity index (χ4n) is 3.25. The molecule has 4 unspecified atom stereocenters. The van der Waals surface area contributed by atoms with E-state index in [1.165, 1.54) is 12.5 Å². The zero-order valence-corrected chi connectivity index (χ0v) is 20.3. The molecule has 0 aliphatic carbocycles. The van der Waals surface area contributed by atoms with Crippen LogP contribution in [0, 0.1) is 0 Å². The van der Waals surface area contributed by atoms with Crippen molar-refractivity contribution in [3.8, 4) is 0 Å². The summed E-state index contributed by atoms with van der Waals surface area (Å²) >= 11 is 0. The van der Waals surface area contributed by atoms with Crippen molar-refractivity contribution >= 4 is 35.5 Å². The Morgan fingerprint density at radius 1 is 0.892 bits per heavy atom. The van der Waals surface area contributed by atoms with Crippen molar-refractivity contribution in [3.05, 3.63) is 18.2 Å². The molecule has 16 nitrogen and oxygen atoms in total. The highest BCUT2D eigenvalue weighted by molar-refractivity contribution is 5.96. The first-order valence-corrected chi connectivity index (χ1v) is 11.6. The molecule has 1 rings (SSSR count). The Balaban J connectivity index is 2.97. The second-order valence-corrected chi connectivity index (χ2v) is 8.37. The van der Waals surface area contributed by atoms with Gasteiger partial charge in [-0.25, -0.2) is 9.78 Å². The summed E-state index contributed by atoms with van der Waals surface area (Å²) in [5.41, 5.74) is 22.1. The molecule has 206 valence electrons. The number of unbranched alkanes of at least 4 members (excludes halogenated alkanes) is 1. The molecule has 1 heterocycles. The van der Waals surface area contributed by atoms with Crippen molar-refractivity contribution < 1.29 is 33.9 Å². The minimum absolute atomic E-state index is 0.155. The predicted octanol–water partition coefficient (Wildman–Crippen LogP) is -3.91. The third kappa shape index (κ3) is 12.0. The average molecular weight is 526 g/mol. The van der Waals surface area contributed by atoms with Crippen LogP contribution in [0.4, 0.5) is 0 Å². The maximum Gasteiger partial charge on any atom is 0.326 e. The second kappa shape index (κ2) is 15.8. The predicted molar refractivity (Wildman–Crippen MR) is 129 cm³/mol. The quantitative estimate of drug-likeness (QED) is 0.0839. The van der Waals surface area contributed by atoms with Crippen molar-refractivity contribution in [1.29, 1.82) is 0 Å². The van der Waals surface area contributed by atoms with E-state index in [4.69, 9.17) is 22.9 Å². The molecule has 16 heteroatoms. The largest absolute Gasteiger partial charge is 0.480 e. The first-order valence-electron chi connectivity index (χ1n) is 11.6. The first-order chi connectivity index (χ1) is 17.4. The summed E-state index contributed by atoms with van der Waals surface area (Å²) in [7, 11) is 0. The van der Waals surface area contributed by atoms with Gasteiger partial charge in [0.25, 0.3) is 0 Å². The topological polar surface area (TPSA) is 292 Å². The third-order valence-corrected chi connectivity index (χ3v) is 5.25. The van der Waals surface area contributed by atoms with Crippen molar-refractivity contribution in [3.63, 3.8) is 0 Å². The molecule has 37 heavy (non-hydrogen) atoms. The van der Waals surface area contributed by atoms with Crippen molar-refractivity contribution in [2.75, 3.05) is 6.54 Å². The molecule has 5 amide bonds. The molecular formula is C21H35N9O7. The minimum Gasteiger partial charge on any atom is -0.480 e. The van der Waals surface area contributed by atoms with Crippen LogP contribution in [0.3, 0.4) is 0 Å². The SMILES string of the molecule is NCCCCC(N)C(=O)NC(CCC(N)=O)C(=O)NC(CC(N)=O)C(=O)NC(Cc1cnc[nH]1)C(=O)O. The van der Waals surface area contributed by atoms with Gasteiger partial charge in [-0.2, -0.15) is 0 Å². The number of nitrogens with two attached hydrogens (primary N) is 4. The number of rotatable bonds is 18. The highest BCUT2D eigenvalue weighted by Crippen LogP contribution is 2.05. The molecule has 1 aromatic rings. The van der Waals surface area contributed by atoms with E-state index in [2.05, 4.69) is 25.9 Å². The molecule has 0 aliphatic rings. The van der Waals surface area contributed by atoms with Crippen LogP contribution in [0.25, 0.3) is 0 Å². The number of hydrogen-bond donors (Lipinski definition) is 9. The lowest BCUT2D eigenvalue weighted by molar-refractivity contribution is -0.142. The van der Waals surface area contributed by atoms with Gasteiger partial charge in [-0.1, -0.05) is 6.42 Å². The van der Waals surface area contributed by atoms with Gasteiger partial charge in [-0.15, -0.1) is 0 Å². The van der Waals surface area contributed by atoms with E-state index >= 15 is 0 Å². The van der Waals surface area contributed by atoms with Gasteiger partial charge in [0.05, 0.1) is 18.8 Å². The fraction of sp³-hybridized carbons (Fsp3) is 0.571. The Morgan fingerprint density at radius 2 is 1.51 bits per heavy atom. The number of amides is 5. The third-order valence-electron chi connectivity index (χ3n) is 5.25. The fourth-order valence-corrected chi connectivity index (χ4v) is 3.25. The van der Waals surface area contributed by atoms with Crippen LogP contribution in [0.5, 0.6) is 0 Å². The van der Waals surface area contributed by atoms with Gasteiger partial charge >= 0.3 is 5.97 Å². The van der Waals surface area contributed by atoms with Gasteiger partial charge in [0, 0.05) is 24.7 Å². The minimum atomic E-state index is -1.57. The number of aromatic amines is 1. The lowest BCUT2D eigenvalue weighted by Gasteiger charge is -2.24. The Morgan fingerprint density at radius 3 is 2.05 bits per heavy atom. The number of nitrogens with zero attached hydrogens (tertiary/aromatic N) is 1. The maximum absolute atomic E-state index is 12.9. The van der Waals surface area contributed by atoms with Gasteiger partial charge in [-0.05, 0) is 25.8 Å². The van der Waals surface area contributed by atoms with Gasteiger partial charge in [-0.3, -0.25) is 24.0 Å². The van der Waals surface area contributed by atoms with Gasteiger partial charge < -0.3 is 49.0 Å². The molecule has 4 atom stereocenters. The lowest BCUT2D eigenvalue weighted by atomic mass is 10.1. The zero-order chi connectivity index (χ0) is 28.0. The van der Waals surface area contributed by atoms with E-state index < -0.39 is 66.1 Å². The second-order valence-electron chi connectivity index (χ2n) is 8.37. The molecule has 0 spiro atoms. The van der Waals surface area contributed by atoms with Crippen LogP contribution < -0.4 is 38.9 Å². The molecule has 0 saturated heterocycles. The summed E-state index contributed by atoms with van der Waals surface area (Å²) < 4.78 is 0. The smallest absolute Gasteiger partial charge is 0.326 e. The number of H-pyrrole nitrogens is 1. The number of primary amides is 2. The summed E-state index contributed by atoms with van der Waals surface area (Å²) in [5, 5.41) is 16.4. The van der Waals surface area contributed by atoms with Crippen molar-refractivity contribution in [1.82, 2.24) is 25.9 Å². The Labute approximate surface area is 212 Å². The summed E-state index contributed by atoms with van der Waals surface area (Å²) in [6.45, 7) is 0.423. The van der Waals surface area contributed by atoms with Crippen LogP contribution in [0.1, 0.15) is 44.2 Å². The Bertz CT molecular complexity index is 939. The molecule has 0 aromatic carbocycles. The highest BCUT2D eigenvalue weighted by Gasteiger charge is 2.31. The van der Waals surface area contributed by atoms with Gasteiger partial charge in [0.1, 0.15) is 18.1 Å². The molecule has 0 saturated carbocycles. The Hall–Kier alpha value is -4.05. The highest BCUT2D eigenvalue weighted by atomic mass is 16.4. The van der Waals surface area contributed by atoms with Crippen LogP contribution >= 0.6 is 0 Å². The van der Waals surface area contributed by atoms with E-state index in [9.17, 15) is 33.9 Å². The molecule has 0 aliphatic heterocycles. The summed E-state index contributed by atoms with van der Waals surface area (Å²) in [6, 6.07) is -5.28. The molecule has 0 fully saturated rings. The standard InChI is InChI=1S/C21H35N9O7/c22-6-2-1-3-12(23)18(33)28-13(4-5-16(24)31)19(34)29-14(8-17(25)32)20(35)30-15(21(36)37)7-11-9-26-10-27-11/h9-10,12-15H,1-8,22-23H2,(H2,24,31)(H2,25,32)(H,26,27)(H,28,33)(H,29,34)(H,30,35)(H,36,37). The van der Waals surface area contributed by atoms with E-state index in [1.807, 2.05) is 0 Å². The van der Waals surface area contributed by atoms with E-state index in [1.54, 1.807) is 0 Å². The molecule has 0 radical (unpaired) electrons. The van der Waals surface area contributed by atoms with Crippen molar-refractivity contribution in [2.45, 2.75) is 69.1 Å². The van der Waals surface area contributed by atoms with Crippen molar-refractivity contribution in [2.24, 2.45) is 22.9 Å². The van der Waals surface area contributed by atoms with Crippen LogP contribution in [-0.4, -0.2) is 81.3 Å². The molecule has 0 bridgehead atoms. The number of nitrogens with one attached hydrogen (secondary N) is 4. The summed E-state index contributed by atoms with van der Waals surface area (Å²) in [4.78, 5) is 79.2. The number of hydrogen-bond acceptors (Lipinski definition) is 9. The van der Waals surface area contributed by atoms with Gasteiger partial charge in [0.2, 0.25) is 29.5 Å². The van der Waals surface area contributed by atoms with E-state index in [-0.39, 0.29) is 19.3 Å². The Kier molecular flexibility index (Phi) is 13.3. The zero-order valence-electron chi connectivity index (χ0n) is 20.3. The van der Waals surface area contributed by atoms with E-state index in [0.29, 0.717) is 31.5 Å². The summed E-state index contributed by atoms with van der Waals surface area (Å²) in [5.74, 6) is -5.68. The normalized spacial score (nSPS) is 14.0.